The van der Waals surface area contributed by atoms with Gasteiger partial charge in [0.25, 0.3) is 0 Å². The lowest BCUT2D eigenvalue weighted by molar-refractivity contribution is 0.190. The van der Waals surface area contributed by atoms with E-state index in [2.05, 4.69) is 30.0 Å². The SMILES string of the molecule is CCC(N)Cc1ccn(CCCOC)c1. The summed E-state index contributed by atoms with van der Waals surface area (Å²) >= 11 is 0. The fourth-order valence-electron chi connectivity index (χ4n) is 1.59. The van der Waals surface area contributed by atoms with E-state index in [4.69, 9.17) is 10.5 Å². The lowest BCUT2D eigenvalue weighted by Crippen LogP contribution is -2.21. The predicted octanol–water partition coefficient (Wildman–Crippen LogP) is 1.80. The molecule has 0 radical (unpaired) electrons. The van der Waals surface area contributed by atoms with Crippen LogP contribution in [-0.4, -0.2) is 24.3 Å². The quantitative estimate of drug-likeness (QED) is 0.697. The van der Waals surface area contributed by atoms with E-state index >= 15 is 0 Å². The van der Waals surface area contributed by atoms with E-state index in [-0.39, 0.29) is 0 Å². The maximum absolute atomic E-state index is 5.91. The number of hydrogen-bond acceptors (Lipinski definition) is 2. The van der Waals surface area contributed by atoms with Crippen molar-refractivity contribution in [3.63, 3.8) is 0 Å². The van der Waals surface area contributed by atoms with E-state index in [9.17, 15) is 0 Å². The van der Waals surface area contributed by atoms with Crippen molar-refractivity contribution < 1.29 is 4.74 Å². The Bertz CT molecular complexity index is 270. The van der Waals surface area contributed by atoms with Crippen LogP contribution < -0.4 is 5.73 Å². The van der Waals surface area contributed by atoms with E-state index in [1.54, 1.807) is 7.11 Å². The summed E-state index contributed by atoms with van der Waals surface area (Å²) in [6.07, 6.45) is 7.38. The molecule has 1 aromatic rings. The molecule has 1 aromatic heterocycles. The number of aryl methyl sites for hydroxylation is 1. The monoisotopic (exact) mass is 210 g/mol. The summed E-state index contributed by atoms with van der Waals surface area (Å²) in [4.78, 5) is 0. The smallest absolute Gasteiger partial charge is 0.0479 e. The highest BCUT2D eigenvalue weighted by molar-refractivity contribution is 5.11. The van der Waals surface area contributed by atoms with Crippen LogP contribution in [0, 0.1) is 0 Å². The molecule has 0 spiro atoms. The molecule has 0 aliphatic rings. The molecular weight excluding hydrogens is 188 g/mol. The molecule has 0 aromatic carbocycles. The zero-order chi connectivity index (χ0) is 11.1. The van der Waals surface area contributed by atoms with E-state index in [1.807, 2.05) is 0 Å². The van der Waals surface area contributed by atoms with Gasteiger partial charge in [0, 0.05) is 38.7 Å². The fourth-order valence-corrected chi connectivity index (χ4v) is 1.59. The van der Waals surface area contributed by atoms with Crippen molar-refractivity contribution in [2.45, 2.75) is 38.8 Å². The van der Waals surface area contributed by atoms with Crippen LogP contribution in [0.15, 0.2) is 18.5 Å². The van der Waals surface area contributed by atoms with Gasteiger partial charge in [0.1, 0.15) is 0 Å². The van der Waals surface area contributed by atoms with Crippen LogP contribution in [0.5, 0.6) is 0 Å². The van der Waals surface area contributed by atoms with E-state index in [1.165, 1.54) is 5.56 Å². The molecule has 0 amide bonds. The Balaban J connectivity index is 2.35. The van der Waals surface area contributed by atoms with Crippen molar-refractivity contribution in [3.05, 3.63) is 24.0 Å². The lowest BCUT2D eigenvalue weighted by Gasteiger charge is -2.06. The van der Waals surface area contributed by atoms with Crippen molar-refractivity contribution >= 4 is 0 Å². The second-order valence-electron chi connectivity index (χ2n) is 3.98. The van der Waals surface area contributed by atoms with Crippen LogP contribution in [0.2, 0.25) is 0 Å². The Labute approximate surface area is 92.2 Å². The van der Waals surface area contributed by atoms with Crippen LogP contribution >= 0.6 is 0 Å². The Hall–Kier alpha value is -0.800. The minimum Gasteiger partial charge on any atom is -0.385 e. The number of rotatable bonds is 7. The highest BCUT2D eigenvalue weighted by Crippen LogP contribution is 2.06. The zero-order valence-electron chi connectivity index (χ0n) is 9.78. The average Bonchev–Trinajstić information content (AvgIpc) is 2.66. The van der Waals surface area contributed by atoms with Crippen molar-refractivity contribution in [2.75, 3.05) is 13.7 Å². The van der Waals surface area contributed by atoms with Gasteiger partial charge in [-0.05, 0) is 30.9 Å². The van der Waals surface area contributed by atoms with Crippen molar-refractivity contribution in [1.82, 2.24) is 4.57 Å². The molecule has 86 valence electrons. The van der Waals surface area contributed by atoms with E-state index in [0.717, 1.165) is 32.4 Å². The molecule has 0 aliphatic carbocycles. The molecule has 1 rings (SSSR count). The fraction of sp³-hybridized carbons (Fsp3) is 0.667. The number of ether oxygens (including phenoxy) is 1. The van der Waals surface area contributed by atoms with Crippen molar-refractivity contribution in [1.29, 1.82) is 0 Å². The summed E-state index contributed by atoms with van der Waals surface area (Å²) < 4.78 is 7.22. The standard InChI is InChI=1S/C12H22N2O/c1-3-12(13)9-11-5-7-14(10-11)6-4-8-15-2/h5,7,10,12H,3-4,6,8-9,13H2,1-2H3. The first-order chi connectivity index (χ1) is 7.26. The third kappa shape index (κ3) is 4.49. The molecular formula is C12H22N2O. The Morgan fingerprint density at radius 1 is 1.53 bits per heavy atom. The molecule has 3 heteroatoms. The minimum absolute atomic E-state index is 0.292. The van der Waals surface area contributed by atoms with E-state index < -0.39 is 0 Å². The highest BCUT2D eigenvalue weighted by Gasteiger charge is 2.02. The molecule has 15 heavy (non-hydrogen) atoms. The molecule has 1 atom stereocenters. The largest absolute Gasteiger partial charge is 0.385 e. The van der Waals surface area contributed by atoms with Gasteiger partial charge in [-0.25, -0.2) is 0 Å². The van der Waals surface area contributed by atoms with Gasteiger partial charge in [-0.2, -0.15) is 0 Å². The van der Waals surface area contributed by atoms with E-state index in [0.29, 0.717) is 6.04 Å². The first-order valence-electron chi connectivity index (χ1n) is 5.65. The number of nitrogens with two attached hydrogens (primary N) is 1. The first-order valence-corrected chi connectivity index (χ1v) is 5.65. The van der Waals surface area contributed by atoms with Gasteiger partial charge < -0.3 is 15.0 Å². The van der Waals surface area contributed by atoms with Gasteiger partial charge >= 0.3 is 0 Å². The molecule has 0 saturated heterocycles. The number of nitrogens with zero attached hydrogens (tertiary/aromatic N) is 1. The third-order valence-electron chi connectivity index (χ3n) is 2.60. The maximum atomic E-state index is 5.91. The van der Waals surface area contributed by atoms with Gasteiger partial charge in [0.05, 0.1) is 0 Å². The van der Waals surface area contributed by atoms with Crippen LogP contribution in [-0.2, 0) is 17.7 Å². The molecule has 0 bridgehead atoms. The van der Waals surface area contributed by atoms with Gasteiger partial charge in [-0.1, -0.05) is 6.92 Å². The molecule has 3 nitrogen and oxygen atoms in total. The lowest BCUT2D eigenvalue weighted by atomic mass is 10.1. The summed E-state index contributed by atoms with van der Waals surface area (Å²) in [7, 11) is 1.74. The van der Waals surface area contributed by atoms with Crippen LogP contribution in [0.3, 0.4) is 0 Å². The molecule has 2 N–H and O–H groups in total. The maximum Gasteiger partial charge on any atom is 0.0479 e. The zero-order valence-corrected chi connectivity index (χ0v) is 9.78. The van der Waals surface area contributed by atoms with Crippen LogP contribution in [0.1, 0.15) is 25.3 Å². The van der Waals surface area contributed by atoms with Crippen molar-refractivity contribution in [2.24, 2.45) is 5.73 Å². The number of aromatic nitrogens is 1. The molecule has 1 heterocycles. The summed E-state index contributed by atoms with van der Waals surface area (Å²) in [5.41, 5.74) is 7.24. The van der Waals surface area contributed by atoms with Gasteiger partial charge in [0.2, 0.25) is 0 Å². The molecule has 0 saturated carbocycles. The third-order valence-corrected chi connectivity index (χ3v) is 2.60. The van der Waals surface area contributed by atoms with Gasteiger partial charge in [-0.3, -0.25) is 0 Å². The molecule has 0 fully saturated rings. The summed E-state index contributed by atoms with van der Waals surface area (Å²) in [5.74, 6) is 0. The second kappa shape index (κ2) is 6.64. The average molecular weight is 210 g/mol. The summed E-state index contributed by atoms with van der Waals surface area (Å²) in [6.45, 7) is 3.97. The molecule has 1 unspecified atom stereocenters. The predicted molar refractivity (Wildman–Crippen MR) is 62.9 cm³/mol. The van der Waals surface area contributed by atoms with Gasteiger partial charge in [0.15, 0.2) is 0 Å². The first kappa shape index (κ1) is 12.3. The highest BCUT2D eigenvalue weighted by atomic mass is 16.5. The Kier molecular flexibility index (Phi) is 5.43. The second-order valence-corrected chi connectivity index (χ2v) is 3.98. The minimum atomic E-state index is 0.292. The van der Waals surface area contributed by atoms with Crippen LogP contribution in [0.4, 0.5) is 0 Å². The van der Waals surface area contributed by atoms with Crippen molar-refractivity contribution in [3.8, 4) is 0 Å². The summed E-state index contributed by atoms with van der Waals surface area (Å²) in [5, 5.41) is 0. The number of methoxy groups -OCH3 is 1. The molecule has 0 aliphatic heterocycles. The van der Waals surface area contributed by atoms with Gasteiger partial charge in [-0.15, -0.1) is 0 Å². The summed E-state index contributed by atoms with van der Waals surface area (Å²) in [6, 6.07) is 2.45. The van der Waals surface area contributed by atoms with Crippen LogP contribution in [0.25, 0.3) is 0 Å². The Morgan fingerprint density at radius 3 is 3.00 bits per heavy atom. The Morgan fingerprint density at radius 2 is 2.33 bits per heavy atom. The number of hydrogen-bond donors (Lipinski definition) is 1. The topological polar surface area (TPSA) is 40.2 Å². The normalized spacial score (nSPS) is 13.0.